The summed E-state index contributed by atoms with van der Waals surface area (Å²) >= 11 is 0. The van der Waals surface area contributed by atoms with E-state index in [0.29, 0.717) is 18.0 Å². The second-order valence-electron chi connectivity index (χ2n) is 6.59. The summed E-state index contributed by atoms with van der Waals surface area (Å²) in [4.78, 5) is 12.2. The zero-order valence-electron chi connectivity index (χ0n) is 13.8. The van der Waals surface area contributed by atoms with Crippen LogP contribution in [0.2, 0.25) is 0 Å². The lowest BCUT2D eigenvalue weighted by atomic mass is 9.96. The second-order valence-corrected chi connectivity index (χ2v) is 8.30. The van der Waals surface area contributed by atoms with Crippen molar-refractivity contribution in [2.24, 2.45) is 5.92 Å². The summed E-state index contributed by atoms with van der Waals surface area (Å²) < 4.78 is 27.8. The molecule has 0 bridgehead atoms. The number of rotatable bonds is 6. The Labute approximate surface area is 138 Å². The molecule has 0 atom stereocenters. The second kappa shape index (κ2) is 7.93. The number of benzene rings is 1. The topological polar surface area (TPSA) is 75.3 Å². The zero-order chi connectivity index (χ0) is 16.9. The minimum Gasteiger partial charge on any atom is -0.352 e. The third-order valence-electron chi connectivity index (χ3n) is 4.00. The van der Waals surface area contributed by atoms with Gasteiger partial charge < -0.3 is 5.32 Å². The van der Waals surface area contributed by atoms with Crippen molar-refractivity contribution in [1.82, 2.24) is 10.0 Å². The van der Waals surface area contributed by atoms with Gasteiger partial charge >= 0.3 is 0 Å². The highest BCUT2D eigenvalue weighted by Crippen LogP contribution is 2.20. The highest BCUT2D eigenvalue weighted by Gasteiger charge is 2.22. The molecule has 23 heavy (non-hydrogen) atoms. The number of carbonyl (C=O) groups excluding carboxylic acids is 1. The quantitative estimate of drug-likeness (QED) is 0.837. The van der Waals surface area contributed by atoms with Gasteiger partial charge in [-0.3, -0.25) is 4.79 Å². The first-order chi connectivity index (χ1) is 10.9. The van der Waals surface area contributed by atoms with Crippen LogP contribution in [0.5, 0.6) is 0 Å². The maximum atomic E-state index is 12.5. The number of carbonyl (C=O) groups is 1. The van der Waals surface area contributed by atoms with Crippen LogP contribution in [0, 0.1) is 5.92 Å². The van der Waals surface area contributed by atoms with Crippen molar-refractivity contribution in [3.8, 4) is 0 Å². The molecule has 1 saturated carbocycles. The van der Waals surface area contributed by atoms with Crippen LogP contribution in [0.25, 0.3) is 0 Å². The molecule has 0 radical (unpaired) electrons. The van der Waals surface area contributed by atoms with E-state index in [4.69, 9.17) is 0 Å². The Morgan fingerprint density at radius 1 is 1.22 bits per heavy atom. The average molecular weight is 338 g/mol. The van der Waals surface area contributed by atoms with Crippen LogP contribution >= 0.6 is 0 Å². The first-order valence-corrected chi connectivity index (χ1v) is 9.77. The van der Waals surface area contributed by atoms with Gasteiger partial charge in [-0.25, -0.2) is 13.1 Å². The van der Waals surface area contributed by atoms with Crippen molar-refractivity contribution >= 4 is 15.9 Å². The van der Waals surface area contributed by atoms with E-state index in [0.717, 1.165) is 25.7 Å². The molecule has 128 valence electrons. The Morgan fingerprint density at radius 2 is 1.91 bits per heavy atom. The van der Waals surface area contributed by atoms with Crippen LogP contribution < -0.4 is 10.0 Å². The van der Waals surface area contributed by atoms with Gasteiger partial charge in [0.25, 0.3) is 5.91 Å². The Kier molecular flexibility index (Phi) is 6.18. The summed E-state index contributed by atoms with van der Waals surface area (Å²) in [6, 6.07) is 6.23. The van der Waals surface area contributed by atoms with Gasteiger partial charge in [0, 0.05) is 18.2 Å². The third kappa shape index (κ3) is 5.32. The fraction of sp³-hybridized carbons (Fsp3) is 0.588. The molecule has 0 aliphatic heterocycles. The summed E-state index contributed by atoms with van der Waals surface area (Å²) in [7, 11) is -3.58. The van der Waals surface area contributed by atoms with E-state index in [1.807, 2.05) is 13.8 Å². The number of amides is 1. The van der Waals surface area contributed by atoms with Crippen LogP contribution in [0.1, 0.15) is 56.3 Å². The van der Waals surface area contributed by atoms with Crippen molar-refractivity contribution in [3.63, 3.8) is 0 Å². The third-order valence-corrected chi connectivity index (χ3v) is 5.52. The summed E-state index contributed by atoms with van der Waals surface area (Å²) in [6.45, 7) is 4.58. The lowest BCUT2D eigenvalue weighted by Gasteiger charge is -2.22. The molecule has 0 heterocycles. The van der Waals surface area contributed by atoms with E-state index >= 15 is 0 Å². The maximum Gasteiger partial charge on any atom is 0.251 e. The molecule has 0 saturated heterocycles. The van der Waals surface area contributed by atoms with Crippen molar-refractivity contribution in [1.29, 1.82) is 0 Å². The molecule has 1 aliphatic carbocycles. The molecule has 0 unspecified atom stereocenters. The van der Waals surface area contributed by atoms with Crippen molar-refractivity contribution in [2.75, 3.05) is 6.54 Å². The van der Waals surface area contributed by atoms with Gasteiger partial charge in [-0.2, -0.15) is 0 Å². The van der Waals surface area contributed by atoms with Crippen LogP contribution in [-0.2, 0) is 10.0 Å². The van der Waals surface area contributed by atoms with Gasteiger partial charge in [0.2, 0.25) is 10.0 Å². The van der Waals surface area contributed by atoms with Crippen molar-refractivity contribution < 1.29 is 13.2 Å². The number of hydrogen-bond acceptors (Lipinski definition) is 3. The molecule has 6 heteroatoms. The first-order valence-electron chi connectivity index (χ1n) is 8.29. The van der Waals surface area contributed by atoms with E-state index < -0.39 is 10.0 Å². The summed E-state index contributed by atoms with van der Waals surface area (Å²) in [6.07, 6.45) is 5.06. The van der Waals surface area contributed by atoms with E-state index in [1.54, 1.807) is 12.1 Å². The van der Waals surface area contributed by atoms with Gasteiger partial charge in [0.1, 0.15) is 0 Å². The first kappa shape index (κ1) is 17.9. The molecular weight excluding hydrogens is 312 g/mol. The van der Waals surface area contributed by atoms with E-state index in [1.165, 1.54) is 18.6 Å². The molecule has 2 N–H and O–H groups in total. The Morgan fingerprint density at radius 3 is 2.57 bits per heavy atom. The number of nitrogens with one attached hydrogen (secondary N) is 2. The molecular formula is C17H26N2O3S. The van der Waals surface area contributed by atoms with Crippen LogP contribution in [-0.4, -0.2) is 26.9 Å². The van der Waals surface area contributed by atoms with E-state index in [9.17, 15) is 13.2 Å². The fourth-order valence-corrected chi connectivity index (χ4v) is 4.06. The molecule has 1 aliphatic rings. The fourth-order valence-electron chi connectivity index (χ4n) is 2.71. The highest BCUT2D eigenvalue weighted by atomic mass is 32.2. The lowest BCUT2D eigenvalue weighted by Crippen LogP contribution is -2.36. The molecule has 2 rings (SSSR count). The van der Waals surface area contributed by atoms with Crippen LogP contribution in [0.15, 0.2) is 29.2 Å². The van der Waals surface area contributed by atoms with Gasteiger partial charge in [0.05, 0.1) is 4.90 Å². The summed E-state index contributed by atoms with van der Waals surface area (Å²) in [5.41, 5.74) is 0.372. The standard InChI is InChI=1S/C17H26N2O3S/c1-13(2)12-18-17(20)14-7-6-10-16(11-14)23(21,22)19-15-8-4-3-5-9-15/h6-7,10-11,13,15,19H,3-5,8-9,12H2,1-2H3,(H,18,20). The average Bonchev–Trinajstić information content (AvgIpc) is 2.53. The highest BCUT2D eigenvalue weighted by molar-refractivity contribution is 7.89. The zero-order valence-corrected chi connectivity index (χ0v) is 14.7. The van der Waals surface area contributed by atoms with Crippen LogP contribution in [0.4, 0.5) is 0 Å². The molecule has 0 aromatic heterocycles. The smallest absolute Gasteiger partial charge is 0.251 e. The van der Waals surface area contributed by atoms with Gasteiger partial charge in [-0.15, -0.1) is 0 Å². The maximum absolute atomic E-state index is 12.5. The lowest BCUT2D eigenvalue weighted by molar-refractivity contribution is 0.0949. The predicted octanol–water partition coefficient (Wildman–Crippen LogP) is 2.68. The SMILES string of the molecule is CC(C)CNC(=O)c1cccc(S(=O)(=O)NC2CCCCC2)c1. The molecule has 1 amide bonds. The molecule has 1 aromatic carbocycles. The normalized spacial score (nSPS) is 16.5. The summed E-state index contributed by atoms with van der Waals surface area (Å²) in [5, 5.41) is 2.80. The molecule has 1 fully saturated rings. The Bertz CT molecular complexity index is 635. The van der Waals surface area contributed by atoms with Gasteiger partial charge in [-0.05, 0) is 37.0 Å². The molecule has 5 nitrogen and oxygen atoms in total. The van der Waals surface area contributed by atoms with E-state index in [-0.39, 0.29) is 16.8 Å². The Balaban J connectivity index is 2.09. The van der Waals surface area contributed by atoms with Gasteiger partial charge in [0.15, 0.2) is 0 Å². The van der Waals surface area contributed by atoms with Crippen LogP contribution in [0.3, 0.4) is 0 Å². The van der Waals surface area contributed by atoms with Crippen molar-refractivity contribution in [3.05, 3.63) is 29.8 Å². The molecule has 0 spiro atoms. The predicted molar refractivity (Wildman–Crippen MR) is 90.8 cm³/mol. The minimum atomic E-state index is -3.58. The van der Waals surface area contributed by atoms with E-state index in [2.05, 4.69) is 10.0 Å². The largest absolute Gasteiger partial charge is 0.352 e. The minimum absolute atomic E-state index is 0.00664. The summed E-state index contributed by atoms with van der Waals surface area (Å²) in [5.74, 6) is 0.104. The number of sulfonamides is 1. The monoisotopic (exact) mass is 338 g/mol. The van der Waals surface area contributed by atoms with Gasteiger partial charge in [-0.1, -0.05) is 39.2 Å². The molecule has 1 aromatic rings. The number of hydrogen-bond donors (Lipinski definition) is 2. The Hall–Kier alpha value is -1.40. The van der Waals surface area contributed by atoms with Crippen molar-refractivity contribution in [2.45, 2.75) is 56.9 Å².